The number of nitrogens with one attached hydrogen (secondary N) is 1. The van der Waals surface area contributed by atoms with E-state index >= 15 is 0 Å². The van der Waals surface area contributed by atoms with Crippen LogP contribution in [0.3, 0.4) is 0 Å². The lowest BCUT2D eigenvalue weighted by molar-refractivity contribution is -0.137. The van der Waals surface area contributed by atoms with Gasteiger partial charge in [0, 0.05) is 30.4 Å². The number of amides is 1. The van der Waals surface area contributed by atoms with Gasteiger partial charge in [0.15, 0.2) is 0 Å². The van der Waals surface area contributed by atoms with Crippen LogP contribution < -0.4 is 5.32 Å². The molecule has 3 aromatic rings. The third-order valence-corrected chi connectivity index (χ3v) is 4.06. The van der Waals surface area contributed by atoms with Gasteiger partial charge in [-0.25, -0.2) is 4.98 Å². The second kappa shape index (κ2) is 7.37. The third kappa shape index (κ3) is 4.54. The molecular formula is C18H15ClF3N3O. The zero-order valence-electron chi connectivity index (χ0n) is 13.6. The number of nitrogens with zero attached hydrogens (tertiary/aromatic N) is 2. The highest BCUT2D eigenvalue weighted by Gasteiger charge is 2.30. The topological polar surface area (TPSA) is 46.4 Å². The number of hydrogen-bond acceptors (Lipinski definition) is 2. The minimum absolute atomic E-state index is 0.143. The molecule has 1 amide bonds. The number of carbonyl (C=O) groups is 1. The van der Waals surface area contributed by atoms with E-state index in [0.717, 1.165) is 17.8 Å². The Morgan fingerprint density at radius 2 is 1.85 bits per heavy atom. The van der Waals surface area contributed by atoms with Crippen molar-refractivity contribution in [2.75, 3.05) is 6.54 Å². The summed E-state index contributed by atoms with van der Waals surface area (Å²) in [6.45, 7) is 0.350. The Morgan fingerprint density at radius 1 is 1.12 bits per heavy atom. The first-order valence-corrected chi connectivity index (χ1v) is 8.25. The van der Waals surface area contributed by atoms with Gasteiger partial charge in [0.25, 0.3) is 0 Å². The van der Waals surface area contributed by atoms with Gasteiger partial charge in [0.05, 0.1) is 17.7 Å². The van der Waals surface area contributed by atoms with Crippen LogP contribution in [0.5, 0.6) is 0 Å². The van der Waals surface area contributed by atoms with Crippen LogP contribution in [-0.4, -0.2) is 21.8 Å². The predicted molar refractivity (Wildman–Crippen MR) is 92.1 cm³/mol. The van der Waals surface area contributed by atoms with Crippen molar-refractivity contribution in [1.82, 2.24) is 14.7 Å². The van der Waals surface area contributed by atoms with E-state index in [-0.39, 0.29) is 12.3 Å². The minimum atomic E-state index is -4.39. The Hall–Kier alpha value is -2.54. The van der Waals surface area contributed by atoms with Gasteiger partial charge in [-0.1, -0.05) is 23.7 Å². The molecule has 8 heteroatoms. The number of rotatable bonds is 5. The van der Waals surface area contributed by atoms with Gasteiger partial charge in [0.2, 0.25) is 5.91 Å². The molecule has 0 aliphatic rings. The van der Waals surface area contributed by atoms with Crippen LogP contribution in [0.4, 0.5) is 13.2 Å². The summed E-state index contributed by atoms with van der Waals surface area (Å²) in [5.74, 6) is -0.143. The highest BCUT2D eigenvalue weighted by molar-refractivity contribution is 6.30. The number of halogens is 4. The summed E-state index contributed by atoms with van der Waals surface area (Å²) in [5, 5.41) is 3.38. The average molecular weight is 382 g/mol. The van der Waals surface area contributed by atoms with E-state index in [9.17, 15) is 18.0 Å². The molecule has 0 saturated heterocycles. The van der Waals surface area contributed by atoms with Crippen molar-refractivity contribution in [2.45, 2.75) is 19.0 Å². The van der Waals surface area contributed by atoms with Gasteiger partial charge >= 0.3 is 6.18 Å². The zero-order chi connectivity index (χ0) is 18.7. The Balaban J connectivity index is 1.56. The highest BCUT2D eigenvalue weighted by Crippen LogP contribution is 2.29. The fourth-order valence-electron chi connectivity index (χ4n) is 2.51. The Kier molecular flexibility index (Phi) is 5.18. The molecule has 1 N–H and O–H groups in total. The Bertz CT molecular complexity index is 920. The Morgan fingerprint density at radius 3 is 2.54 bits per heavy atom. The summed E-state index contributed by atoms with van der Waals surface area (Å²) < 4.78 is 39.5. The summed E-state index contributed by atoms with van der Waals surface area (Å²) in [4.78, 5) is 16.2. The summed E-state index contributed by atoms with van der Waals surface area (Å²) >= 11 is 5.80. The van der Waals surface area contributed by atoms with Gasteiger partial charge in [-0.3, -0.25) is 4.79 Å². The molecule has 0 saturated carbocycles. The second-order valence-corrected chi connectivity index (χ2v) is 6.25. The molecule has 2 heterocycles. The lowest BCUT2D eigenvalue weighted by atomic mass is 10.1. The molecule has 2 aromatic heterocycles. The first-order valence-electron chi connectivity index (χ1n) is 7.87. The van der Waals surface area contributed by atoms with Gasteiger partial charge in [-0.15, -0.1) is 0 Å². The largest absolute Gasteiger partial charge is 0.417 e. The van der Waals surface area contributed by atoms with Crippen molar-refractivity contribution in [1.29, 1.82) is 0 Å². The number of fused-ring (bicyclic) bond motifs is 1. The van der Waals surface area contributed by atoms with E-state index in [1.165, 1.54) is 16.7 Å². The van der Waals surface area contributed by atoms with Crippen LogP contribution in [0.1, 0.15) is 16.8 Å². The van der Waals surface area contributed by atoms with Crippen LogP contribution in [0.2, 0.25) is 5.02 Å². The summed E-state index contributed by atoms with van der Waals surface area (Å²) in [6.07, 6.45) is -1.19. The molecule has 0 aliphatic carbocycles. The van der Waals surface area contributed by atoms with Gasteiger partial charge in [-0.2, -0.15) is 13.2 Å². The van der Waals surface area contributed by atoms with Crippen LogP contribution in [0, 0.1) is 0 Å². The van der Waals surface area contributed by atoms with Crippen molar-refractivity contribution < 1.29 is 18.0 Å². The number of imidazole rings is 1. The van der Waals surface area contributed by atoms with E-state index in [0.29, 0.717) is 29.3 Å². The van der Waals surface area contributed by atoms with Gasteiger partial charge in [0.1, 0.15) is 5.65 Å². The first kappa shape index (κ1) is 18.3. The fraction of sp³-hybridized carbons (Fsp3) is 0.222. The maximum atomic E-state index is 12.7. The molecule has 0 atom stereocenters. The molecule has 0 unspecified atom stereocenters. The molecule has 4 nitrogen and oxygen atoms in total. The van der Waals surface area contributed by atoms with E-state index in [1.54, 1.807) is 24.3 Å². The molecule has 3 rings (SSSR count). The molecule has 136 valence electrons. The van der Waals surface area contributed by atoms with E-state index in [1.807, 2.05) is 0 Å². The maximum Gasteiger partial charge on any atom is 0.417 e. The second-order valence-electron chi connectivity index (χ2n) is 5.82. The molecule has 26 heavy (non-hydrogen) atoms. The lowest BCUT2D eigenvalue weighted by Crippen LogP contribution is -2.27. The molecule has 0 spiro atoms. The molecule has 0 bridgehead atoms. The van der Waals surface area contributed by atoms with Crippen molar-refractivity contribution in [3.05, 3.63) is 70.6 Å². The molecular weight excluding hydrogens is 367 g/mol. The molecule has 1 aromatic carbocycles. The molecule has 0 aliphatic heterocycles. The van der Waals surface area contributed by atoms with Crippen molar-refractivity contribution in [3.63, 3.8) is 0 Å². The number of hydrogen-bond donors (Lipinski definition) is 1. The summed E-state index contributed by atoms with van der Waals surface area (Å²) in [5.41, 5.74) is 1.15. The predicted octanol–water partition coefficient (Wildman–Crippen LogP) is 3.91. The number of alkyl halides is 3. The zero-order valence-corrected chi connectivity index (χ0v) is 14.3. The monoisotopic (exact) mass is 381 g/mol. The van der Waals surface area contributed by atoms with Crippen molar-refractivity contribution in [3.8, 4) is 0 Å². The first-order chi connectivity index (χ1) is 12.3. The van der Waals surface area contributed by atoms with Crippen LogP contribution in [0.15, 0.2) is 48.8 Å². The number of benzene rings is 1. The number of carbonyl (C=O) groups excluding carboxylic acids is 1. The molecule has 0 fully saturated rings. The number of pyridine rings is 1. The summed E-state index contributed by atoms with van der Waals surface area (Å²) in [7, 11) is 0. The SMILES string of the molecule is O=C(Cc1ccc(Cl)cc1)NCCc1cn2cc(C(F)(F)F)ccc2n1. The van der Waals surface area contributed by atoms with E-state index < -0.39 is 11.7 Å². The van der Waals surface area contributed by atoms with E-state index in [4.69, 9.17) is 11.6 Å². The van der Waals surface area contributed by atoms with Crippen LogP contribution in [0.25, 0.3) is 5.65 Å². The average Bonchev–Trinajstić information content (AvgIpc) is 2.98. The van der Waals surface area contributed by atoms with Crippen LogP contribution in [-0.2, 0) is 23.8 Å². The van der Waals surface area contributed by atoms with E-state index in [2.05, 4.69) is 10.3 Å². The highest BCUT2D eigenvalue weighted by atomic mass is 35.5. The minimum Gasteiger partial charge on any atom is -0.355 e. The maximum absolute atomic E-state index is 12.7. The standard InChI is InChI=1S/C18H15ClF3N3O/c19-14-4-1-12(2-5-14)9-17(26)23-8-7-15-11-25-10-13(18(20,21)22)3-6-16(25)24-15/h1-6,10-11H,7-9H2,(H,23,26). The smallest absolute Gasteiger partial charge is 0.355 e. The normalized spacial score (nSPS) is 11.7. The molecule has 0 radical (unpaired) electrons. The lowest BCUT2D eigenvalue weighted by Gasteiger charge is -2.05. The number of aromatic nitrogens is 2. The van der Waals surface area contributed by atoms with Crippen LogP contribution >= 0.6 is 11.6 Å². The quantitative estimate of drug-likeness (QED) is 0.728. The van der Waals surface area contributed by atoms with Crippen molar-refractivity contribution >= 4 is 23.2 Å². The summed E-state index contributed by atoms with van der Waals surface area (Å²) in [6, 6.07) is 9.32. The van der Waals surface area contributed by atoms with Gasteiger partial charge < -0.3 is 9.72 Å². The third-order valence-electron chi connectivity index (χ3n) is 3.81. The Labute approximate surface area is 152 Å². The van der Waals surface area contributed by atoms with Crippen molar-refractivity contribution in [2.24, 2.45) is 0 Å². The fourth-order valence-corrected chi connectivity index (χ4v) is 2.64. The van der Waals surface area contributed by atoms with Gasteiger partial charge in [-0.05, 0) is 29.8 Å².